The summed E-state index contributed by atoms with van der Waals surface area (Å²) >= 11 is 0. The maximum absolute atomic E-state index is 13.5. The first-order valence-corrected chi connectivity index (χ1v) is 7.18. The zero-order valence-electron chi connectivity index (χ0n) is 12.8. The first-order chi connectivity index (χ1) is 10.3. The molecule has 8 heteroatoms. The van der Waals surface area contributed by atoms with Crippen LogP contribution in [0.5, 0.6) is 0 Å². The van der Waals surface area contributed by atoms with Crippen LogP contribution < -0.4 is 0 Å². The topological polar surface area (TPSA) is 82.1 Å². The van der Waals surface area contributed by atoms with E-state index in [1.807, 2.05) is 0 Å². The van der Waals surface area contributed by atoms with Crippen molar-refractivity contribution in [1.82, 2.24) is 4.90 Å². The van der Waals surface area contributed by atoms with Crippen molar-refractivity contribution in [2.75, 3.05) is 13.2 Å². The van der Waals surface area contributed by atoms with Crippen molar-refractivity contribution in [2.45, 2.75) is 57.6 Å². The molecule has 0 unspecified atom stereocenters. The summed E-state index contributed by atoms with van der Waals surface area (Å²) in [4.78, 5) is 35.6. The number of carbonyl (C=O) groups excluding carboxylic acids is 3. The molecular weight excluding hydrogens is 297 g/mol. The lowest BCUT2D eigenvalue weighted by Crippen LogP contribution is -2.44. The van der Waals surface area contributed by atoms with Gasteiger partial charge >= 0.3 is 17.9 Å². The second kappa shape index (κ2) is 6.60. The van der Waals surface area contributed by atoms with E-state index in [0.29, 0.717) is 13.0 Å². The van der Waals surface area contributed by atoms with E-state index in [0.717, 1.165) is 0 Å². The summed E-state index contributed by atoms with van der Waals surface area (Å²) in [6.07, 6.45) is -1.76. The Bertz CT molecular complexity index is 470. The lowest BCUT2D eigenvalue weighted by Gasteiger charge is -2.26. The van der Waals surface area contributed by atoms with Crippen molar-refractivity contribution in [1.29, 1.82) is 0 Å². The Morgan fingerprint density at radius 2 is 1.55 bits per heavy atom. The second-order valence-electron chi connectivity index (χ2n) is 5.53. The molecule has 7 nitrogen and oxygen atoms in total. The monoisotopic (exact) mass is 317 g/mol. The number of halogens is 1. The second-order valence-corrected chi connectivity index (χ2v) is 5.53. The number of hydrogen-bond donors (Lipinski definition) is 0. The van der Waals surface area contributed by atoms with Gasteiger partial charge in [0.2, 0.25) is 0 Å². The van der Waals surface area contributed by atoms with E-state index < -0.39 is 55.0 Å². The Kier molecular flexibility index (Phi) is 5.00. The van der Waals surface area contributed by atoms with E-state index >= 15 is 0 Å². The number of carbonyl (C=O) groups is 3. The Morgan fingerprint density at radius 3 is 2.05 bits per heavy atom. The molecule has 124 valence electrons. The van der Waals surface area contributed by atoms with Gasteiger partial charge < -0.3 is 14.2 Å². The van der Waals surface area contributed by atoms with Crippen LogP contribution in [0.2, 0.25) is 0 Å². The Labute approximate surface area is 127 Å². The lowest BCUT2D eigenvalue weighted by molar-refractivity contribution is -0.167. The molecule has 2 saturated heterocycles. The van der Waals surface area contributed by atoms with Gasteiger partial charge in [0.25, 0.3) is 0 Å². The van der Waals surface area contributed by atoms with E-state index in [1.54, 1.807) is 4.90 Å². The number of alkyl halides is 1. The van der Waals surface area contributed by atoms with Gasteiger partial charge in [-0.2, -0.15) is 0 Å². The standard InChI is InChI=1S/C14H20FNO6/c1-7(17)20-11-4-5-16-10(6-15)13(21-8(2)18)14(12(11)16)22-9(3)19/h10-14H,4-6H2,1-3H3/t10-,11+,12-,13-,14-/m1/s1. The van der Waals surface area contributed by atoms with Crippen molar-refractivity contribution in [3.8, 4) is 0 Å². The molecule has 2 rings (SSSR count). The van der Waals surface area contributed by atoms with E-state index in [1.165, 1.54) is 20.8 Å². The van der Waals surface area contributed by atoms with E-state index in [2.05, 4.69) is 0 Å². The average molecular weight is 317 g/mol. The minimum atomic E-state index is -0.908. The maximum Gasteiger partial charge on any atom is 0.303 e. The SMILES string of the molecule is CC(=O)O[C@H]1[C@H](OC(C)=O)[C@@H](CF)N2CC[C@H](OC(C)=O)[C@H]12. The van der Waals surface area contributed by atoms with Crippen molar-refractivity contribution in [2.24, 2.45) is 0 Å². The molecule has 2 aliphatic rings. The molecule has 0 aromatic heterocycles. The molecule has 2 fully saturated rings. The molecule has 0 saturated carbocycles. The maximum atomic E-state index is 13.5. The fourth-order valence-corrected chi connectivity index (χ4v) is 3.38. The summed E-state index contributed by atoms with van der Waals surface area (Å²) < 4.78 is 29.2. The van der Waals surface area contributed by atoms with Gasteiger partial charge in [-0.3, -0.25) is 19.3 Å². The third kappa shape index (κ3) is 3.21. The van der Waals surface area contributed by atoms with Gasteiger partial charge in [-0.1, -0.05) is 0 Å². The van der Waals surface area contributed by atoms with E-state index in [9.17, 15) is 18.8 Å². The first-order valence-electron chi connectivity index (χ1n) is 7.18. The highest BCUT2D eigenvalue weighted by molar-refractivity contribution is 5.68. The molecule has 0 bridgehead atoms. The van der Waals surface area contributed by atoms with Crippen LogP contribution in [0.4, 0.5) is 4.39 Å². The fraction of sp³-hybridized carbons (Fsp3) is 0.786. The van der Waals surface area contributed by atoms with E-state index in [4.69, 9.17) is 14.2 Å². The van der Waals surface area contributed by atoms with Crippen LogP contribution in [0.3, 0.4) is 0 Å². The predicted molar refractivity (Wildman–Crippen MR) is 71.5 cm³/mol. The highest BCUT2D eigenvalue weighted by atomic mass is 19.1. The zero-order chi connectivity index (χ0) is 16.4. The Morgan fingerprint density at radius 1 is 1.00 bits per heavy atom. The molecule has 0 N–H and O–H groups in total. The van der Waals surface area contributed by atoms with Crippen LogP contribution in [0.15, 0.2) is 0 Å². The van der Waals surface area contributed by atoms with Gasteiger partial charge in [0, 0.05) is 27.3 Å². The van der Waals surface area contributed by atoms with E-state index in [-0.39, 0.29) is 0 Å². The normalized spacial score (nSPS) is 34.1. The molecule has 0 aromatic carbocycles. The summed E-state index contributed by atoms with van der Waals surface area (Å²) in [6.45, 7) is 3.46. The van der Waals surface area contributed by atoms with Crippen molar-refractivity contribution in [3.63, 3.8) is 0 Å². The lowest BCUT2D eigenvalue weighted by atomic mass is 10.0. The van der Waals surface area contributed by atoms with Crippen LogP contribution in [-0.2, 0) is 28.6 Å². The molecular formula is C14H20FNO6. The Hall–Kier alpha value is -1.70. The van der Waals surface area contributed by atoms with Gasteiger partial charge in [-0.25, -0.2) is 4.39 Å². The number of esters is 3. The summed E-state index contributed by atoms with van der Waals surface area (Å²) in [5.74, 6) is -1.60. The molecule has 0 radical (unpaired) electrons. The third-order valence-electron chi connectivity index (χ3n) is 3.98. The number of fused-ring (bicyclic) bond motifs is 1. The molecule has 0 aromatic rings. The molecule has 0 amide bonds. The molecule has 0 spiro atoms. The van der Waals surface area contributed by atoms with Crippen molar-refractivity contribution >= 4 is 17.9 Å². The van der Waals surface area contributed by atoms with Crippen molar-refractivity contribution in [3.05, 3.63) is 0 Å². The van der Waals surface area contributed by atoms with Gasteiger partial charge in [0.05, 0.1) is 12.1 Å². The van der Waals surface area contributed by atoms with Gasteiger partial charge in [-0.15, -0.1) is 0 Å². The molecule has 5 atom stereocenters. The third-order valence-corrected chi connectivity index (χ3v) is 3.98. The number of rotatable bonds is 4. The smallest absolute Gasteiger partial charge is 0.303 e. The highest BCUT2D eigenvalue weighted by Gasteiger charge is 2.59. The zero-order valence-corrected chi connectivity index (χ0v) is 12.8. The van der Waals surface area contributed by atoms with Crippen LogP contribution >= 0.6 is 0 Å². The van der Waals surface area contributed by atoms with Crippen LogP contribution in [0.1, 0.15) is 27.2 Å². The average Bonchev–Trinajstić information content (AvgIpc) is 2.89. The predicted octanol–water partition coefficient (Wildman–Crippen LogP) is 0.208. The molecule has 2 aliphatic heterocycles. The first kappa shape index (κ1) is 16.7. The minimum Gasteiger partial charge on any atom is -0.461 e. The number of nitrogens with zero attached hydrogens (tertiary/aromatic N) is 1. The van der Waals surface area contributed by atoms with Gasteiger partial charge in [0.15, 0.2) is 12.2 Å². The summed E-state index contributed by atoms with van der Waals surface area (Å²) in [5, 5.41) is 0. The Balaban J connectivity index is 2.28. The highest BCUT2D eigenvalue weighted by Crippen LogP contribution is 2.38. The van der Waals surface area contributed by atoms with Gasteiger partial charge in [0.1, 0.15) is 12.8 Å². The summed E-state index contributed by atoms with van der Waals surface area (Å²) in [5.41, 5.74) is 0. The summed E-state index contributed by atoms with van der Waals surface area (Å²) in [6, 6.07) is -1.21. The fourth-order valence-electron chi connectivity index (χ4n) is 3.38. The van der Waals surface area contributed by atoms with Gasteiger partial charge in [-0.05, 0) is 6.42 Å². The molecule has 0 aliphatic carbocycles. The molecule has 2 heterocycles. The summed E-state index contributed by atoms with van der Waals surface area (Å²) in [7, 11) is 0. The van der Waals surface area contributed by atoms with Crippen LogP contribution in [0.25, 0.3) is 0 Å². The number of ether oxygens (including phenoxy) is 3. The quantitative estimate of drug-likeness (QED) is 0.541. The largest absolute Gasteiger partial charge is 0.461 e. The minimum absolute atomic E-state index is 0.457. The van der Waals surface area contributed by atoms with Crippen LogP contribution in [-0.4, -0.2) is 66.4 Å². The van der Waals surface area contributed by atoms with Crippen LogP contribution in [0, 0.1) is 0 Å². The molecule has 22 heavy (non-hydrogen) atoms. The number of hydrogen-bond acceptors (Lipinski definition) is 7. The van der Waals surface area contributed by atoms with Crippen molar-refractivity contribution < 1.29 is 33.0 Å².